The second kappa shape index (κ2) is 9.11. The first-order valence-electron chi connectivity index (χ1n) is 7.35. The van der Waals surface area contributed by atoms with Gasteiger partial charge in [0.05, 0.1) is 0 Å². The molecule has 0 N–H and O–H groups in total. The van der Waals surface area contributed by atoms with Gasteiger partial charge in [0, 0.05) is 20.1 Å². The SMILES string of the molecule is C1=C(C2=CCCCCCC2)CCCCCC1.[Ir]. The van der Waals surface area contributed by atoms with Crippen molar-refractivity contribution < 1.29 is 20.1 Å². The molecule has 17 heavy (non-hydrogen) atoms. The molecule has 0 unspecified atom stereocenters. The predicted octanol–water partition coefficient (Wildman–Crippen LogP) is 5.55. The molecule has 0 amide bonds. The van der Waals surface area contributed by atoms with E-state index >= 15 is 0 Å². The van der Waals surface area contributed by atoms with Crippen molar-refractivity contribution in [2.75, 3.05) is 0 Å². The van der Waals surface area contributed by atoms with E-state index in [-0.39, 0.29) is 20.1 Å². The first-order chi connectivity index (χ1) is 7.97. The summed E-state index contributed by atoms with van der Waals surface area (Å²) >= 11 is 0. The van der Waals surface area contributed by atoms with Crippen molar-refractivity contribution in [3.8, 4) is 0 Å². The van der Waals surface area contributed by atoms with Crippen molar-refractivity contribution in [2.45, 2.75) is 77.0 Å². The zero-order valence-corrected chi connectivity index (χ0v) is 13.4. The normalized spacial score (nSPS) is 23.1. The summed E-state index contributed by atoms with van der Waals surface area (Å²) in [4.78, 5) is 0. The van der Waals surface area contributed by atoms with Gasteiger partial charge in [-0.15, -0.1) is 0 Å². The smallest absolute Gasteiger partial charge is 0 e. The zero-order chi connectivity index (χ0) is 11.1. The third-order valence-corrected chi connectivity index (χ3v) is 3.99. The van der Waals surface area contributed by atoms with E-state index in [4.69, 9.17) is 0 Å². The summed E-state index contributed by atoms with van der Waals surface area (Å²) in [5, 5.41) is 0. The van der Waals surface area contributed by atoms with E-state index in [9.17, 15) is 0 Å². The van der Waals surface area contributed by atoms with Gasteiger partial charge in [0.1, 0.15) is 0 Å². The van der Waals surface area contributed by atoms with E-state index in [0.717, 1.165) is 0 Å². The van der Waals surface area contributed by atoms with Gasteiger partial charge in [-0.3, -0.25) is 0 Å². The first kappa shape index (κ1) is 15.2. The Morgan fingerprint density at radius 2 is 0.941 bits per heavy atom. The Bertz CT molecular complexity index is 235. The molecule has 0 spiro atoms. The van der Waals surface area contributed by atoms with E-state index in [1.54, 1.807) is 11.1 Å². The Hall–Kier alpha value is 0.129. The van der Waals surface area contributed by atoms with E-state index in [0.29, 0.717) is 0 Å². The molecule has 0 fully saturated rings. The molecule has 1 radical (unpaired) electrons. The minimum Gasteiger partial charge on any atom is -0.0811 e. The Kier molecular flexibility index (Phi) is 8.14. The molecule has 2 aliphatic rings. The van der Waals surface area contributed by atoms with Gasteiger partial charge in [-0.25, -0.2) is 0 Å². The Balaban J connectivity index is 0.00000144. The molecule has 0 aromatic rings. The van der Waals surface area contributed by atoms with Crippen LogP contribution >= 0.6 is 0 Å². The van der Waals surface area contributed by atoms with E-state index < -0.39 is 0 Å². The average Bonchev–Trinajstić information content (AvgIpc) is 2.18. The van der Waals surface area contributed by atoms with Crippen molar-refractivity contribution in [1.29, 1.82) is 0 Å². The van der Waals surface area contributed by atoms with Crippen LogP contribution in [0.15, 0.2) is 23.3 Å². The van der Waals surface area contributed by atoms with Crippen LogP contribution in [0.5, 0.6) is 0 Å². The van der Waals surface area contributed by atoms with Gasteiger partial charge in [0.15, 0.2) is 0 Å². The van der Waals surface area contributed by atoms with Crippen LogP contribution in [0.25, 0.3) is 0 Å². The molecule has 0 nitrogen and oxygen atoms in total. The topological polar surface area (TPSA) is 0 Å². The van der Waals surface area contributed by atoms with Gasteiger partial charge >= 0.3 is 0 Å². The second-order valence-corrected chi connectivity index (χ2v) is 5.36. The van der Waals surface area contributed by atoms with Gasteiger partial charge < -0.3 is 0 Å². The molecule has 1 heteroatoms. The van der Waals surface area contributed by atoms with Gasteiger partial charge in [0.25, 0.3) is 0 Å². The van der Waals surface area contributed by atoms with E-state index in [2.05, 4.69) is 12.2 Å². The minimum absolute atomic E-state index is 0. The quantitative estimate of drug-likeness (QED) is 0.532. The maximum Gasteiger partial charge on any atom is 0 e. The van der Waals surface area contributed by atoms with Crippen molar-refractivity contribution >= 4 is 0 Å². The maximum absolute atomic E-state index is 2.55. The van der Waals surface area contributed by atoms with E-state index in [1.165, 1.54) is 77.0 Å². The van der Waals surface area contributed by atoms with Crippen LogP contribution in [0.1, 0.15) is 77.0 Å². The van der Waals surface area contributed by atoms with Gasteiger partial charge in [0.2, 0.25) is 0 Å². The molecule has 0 aromatic carbocycles. The third kappa shape index (κ3) is 5.53. The van der Waals surface area contributed by atoms with Gasteiger partial charge in [-0.1, -0.05) is 37.8 Å². The number of hydrogen-bond donors (Lipinski definition) is 0. The number of rotatable bonds is 1. The van der Waals surface area contributed by atoms with Crippen molar-refractivity contribution in [2.24, 2.45) is 0 Å². The predicted molar refractivity (Wildman–Crippen MR) is 71.6 cm³/mol. The number of hydrogen-bond acceptors (Lipinski definition) is 0. The third-order valence-electron chi connectivity index (χ3n) is 3.99. The van der Waals surface area contributed by atoms with Crippen LogP contribution < -0.4 is 0 Å². The fraction of sp³-hybridized carbons (Fsp3) is 0.750. The van der Waals surface area contributed by atoms with Crippen molar-refractivity contribution in [3.05, 3.63) is 23.3 Å². The molecule has 0 saturated heterocycles. The number of allylic oxidation sites excluding steroid dienone is 4. The van der Waals surface area contributed by atoms with Crippen LogP contribution in [-0.2, 0) is 20.1 Å². The molecule has 0 atom stereocenters. The summed E-state index contributed by atoms with van der Waals surface area (Å²) in [7, 11) is 0. The van der Waals surface area contributed by atoms with Crippen LogP contribution in [-0.4, -0.2) is 0 Å². The Labute approximate surface area is 120 Å². The molecule has 0 aromatic heterocycles. The average molecular weight is 411 g/mol. The van der Waals surface area contributed by atoms with Crippen LogP contribution in [0.4, 0.5) is 0 Å². The molecule has 2 rings (SSSR count). The van der Waals surface area contributed by atoms with Crippen molar-refractivity contribution in [1.82, 2.24) is 0 Å². The Morgan fingerprint density at radius 1 is 0.529 bits per heavy atom. The summed E-state index contributed by atoms with van der Waals surface area (Å²) in [6, 6.07) is 0. The molecule has 0 saturated carbocycles. The second-order valence-electron chi connectivity index (χ2n) is 5.36. The monoisotopic (exact) mass is 411 g/mol. The molecule has 0 heterocycles. The minimum atomic E-state index is 0. The fourth-order valence-electron chi connectivity index (χ4n) is 2.97. The van der Waals surface area contributed by atoms with E-state index in [1.807, 2.05) is 0 Å². The van der Waals surface area contributed by atoms with Gasteiger partial charge in [-0.2, -0.15) is 0 Å². The Morgan fingerprint density at radius 3 is 1.41 bits per heavy atom. The largest absolute Gasteiger partial charge is 0.0811 e. The molecule has 0 bridgehead atoms. The molecule has 0 aliphatic heterocycles. The van der Waals surface area contributed by atoms with Gasteiger partial charge in [-0.05, 0) is 62.5 Å². The summed E-state index contributed by atoms with van der Waals surface area (Å²) in [6.45, 7) is 0. The first-order valence-corrected chi connectivity index (χ1v) is 7.35. The van der Waals surface area contributed by atoms with Crippen LogP contribution in [0.2, 0.25) is 0 Å². The summed E-state index contributed by atoms with van der Waals surface area (Å²) in [5.41, 5.74) is 3.42. The fourth-order valence-corrected chi connectivity index (χ4v) is 2.97. The summed E-state index contributed by atoms with van der Waals surface area (Å²) in [6.07, 6.45) is 21.9. The molecule has 99 valence electrons. The summed E-state index contributed by atoms with van der Waals surface area (Å²) < 4.78 is 0. The molecular formula is C16H26Ir. The van der Waals surface area contributed by atoms with Crippen molar-refractivity contribution in [3.63, 3.8) is 0 Å². The molecule has 2 aliphatic carbocycles. The zero-order valence-electron chi connectivity index (χ0n) is 11.0. The van der Waals surface area contributed by atoms with Crippen LogP contribution in [0.3, 0.4) is 0 Å². The standard InChI is InChI=1S/C16H26.Ir/c1-3-7-11-15(12-8-4-1)16-13-9-5-2-6-10-14-16;/h11,13H,1-10,12,14H2;. The maximum atomic E-state index is 2.55. The van der Waals surface area contributed by atoms with Crippen LogP contribution in [0, 0.1) is 0 Å². The summed E-state index contributed by atoms with van der Waals surface area (Å²) in [5.74, 6) is 0. The molecular weight excluding hydrogens is 384 g/mol.